The molecule has 1 aromatic heterocycles. The minimum absolute atomic E-state index is 0.340. The lowest BCUT2D eigenvalue weighted by Gasteiger charge is -2.01. The third kappa shape index (κ3) is 2.77. The number of aromatic nitrogens is 2. The molecule has 17 heavy (non-hydrogen) atoms. The van der Waals surface area contributed by atoms with E-state index < -0.39 is 0 Å². The number of allylic oxidation sites excluding steroid dienone is 6. The minimum Gasteiger partial charge on any atom is -0.224 e. The summed E-state index contributed by atoms with van der Waals surface area (Å²) in [6.07, 6.45) is 8.58. The van der Waals surface area contributed by atoms with Gasteiger partial charge < -0.3 is 0 Å². The Kier molecular flexibility index (Phi) is 3.30. The summed E-state index contributed by atoms with van der Waals surface area (Å²) in [5.74, 6) is 1.05. The van der Waals surface area contributed by atoms with Gasteiger partial charge in [-0.25, -0.2) is 4.98 Å². The molecule has 1 aliphatic rings. The third-order valence-corrected chi connectivity index (χ3v) is 2.37. The molecule has 0 saturated carbocycles. The Bertz CT molecular complexity index is 571. The van der Waals surface area contributed by atoms with Crippen molar-refractivity contribution in [3.05, 3.63) is 66.2 Å². The van der Waals surface area contributed by atoms with E-state index in [4.69, 9.17) is 16.0 Å². The zero-order valence-corrected chi connectivity index (χ0v) is 9.81. The molecule has 0 aliphatic heterocycles. The van der Waals surface area contributed by atoms with Gasteiger partial charge in [0.2, 0.25) is 0 Å². The fourth-order valence-electron chi connectivity index (χ4n) is 1.32. The second-order valence-corrected chi connectivity index (χ2v) is 3.73. The van der Waals surface area contributed by atoms with Gasteiger partial charge >= 0.3 is 11.7 Å². The fourth-order valence-corrected chi connectivity index (χ4v) is 1.46. The van der Waals surface area contributed by atoms with Gasteiger partial charge in [-0.05, 0) is 17.2 Å². The van der Waals surface area contributed by atoms with Crippen LogP contribution in [-0.4, -0.2) is 15.8 Å². The second kappa shape index (κ2) is 4.89. The van der Waals surface area contributed by atoms with Crippen molar-refractivity contribution in [3.8, 4) is 5.88 Å². The van der Waals surface area contributed by atoms with E-state index in [-0.39, 0.29) is 0 Å². The molecule has 1 heterocycles. The zero-order chi connectivity index (χ0) is 12.3. The first-order valence-electron chi connectivity index (χ1n) is 4.93. The molecule has 2 rings (SSSR count). The molecule has 1 aliphatic carbocycles. The number of carbonyl (C=O) groups excluding carboxylic acids is 1. The molecular formula is C13H10ClN2O+. The number of hydrogen-bond acceptors (Lipinski definition) is 2. The van der Waals surface area contributed by atoms with Gasteiger partial charge in [-0.15, -0.1) is 4.98 Å². The Hall–Kier alpha value is -2.00. The van der Waals surface area contributed by atoms with Gasteiger partial charge in [-0.1, -0.05) is 30.8 Å². The molecule has 3 nitrogen and oxygen atoms in total. The van der Waals surface area contributed by atoms with Gasteiger partial charge in [-0.3, -0.25) is 0 Å². The summed E-state index contributed by atoms with van der Waals surface area (Å²) in [6.45, 7) is 7.59. The van der Waals surface area contributed by atoms with E-state index in [1.54, 1.807) is 12.1 Å². The lowest BCUT2D eigenvalue weighted by Crippen LogP contribution is -2.00. The van der Waals surface area contributed by atoms with Crippen LogP contribution in [0.5, 0.6) is 5.88 Å². The summed E-state index contributed by atoms with van der Waals surface area (Å²) in [5, 5.41) is 0.340. The molecule has 0 N–H and O–H groups in total. The zero-order valence-electron chi connectivity index (χ0n) is 9.06. The Labute approximate surface area is 104 Å². The lowest BCUT2D eigenvalue weighted by molar-refractivity contribution is -0.369. The normalized spacial score (nSPS) is 17.1. The Morgan fingerprint density at radius 2 is 2.12 bits per heavy atom. The average Bonchev–Trinajstić information content (AvgIpc) is 2.32. The molecule has 1 aromatic rings. The molecule has 0 fully saturated rings. The maximum absolute atomic E-state index is 5.74. The number of halogens is 1. The highest BCUT2D eigenvalue weighted by Crippen LogP contribution is 2.17. The molecule has 0 atom stereocenters. The number of rotatable bonds is 2. The van der Waals surface area contributed by atoms with Gasteiger partial charge in [0.05, 0.1) is 6.08 Å². The summed E-state index contributed by atoms with van der Waals surface area (Å²) < 4.78 is 5.55. The maximum atomic E-state index is 5.74. The number of nitrogens with zero attached hydrogens (tertiary/aromatic N) is 2. The largest absolute Gasteiger partial charge is 0.457 e. The monoisotopic (exact) mass is 245 g/mol. The number of hydrogen-bond donors (Lipinski definition) is 0. The van der Waals surface area contributed by atoms with Crippen LogP contribution in [0.1, 0.15) is 0 Å². The van der Waals surface area contributed by atoms with E-state index in [2.05, 4.69) is 23.1 Å². The summed E-state index contributed by atoms with van der Waals surface area (Å²) >= 11 is 5.74. The van der Waals surface area contributed by atoms with Crippen LogP contribution in [0.4, 0.5) is 0 Å². The smallest absolute Gasteiger partial charge is 0.224 e. The highest BCUT2D eigenvalue weighted by atomic mass is 35.5. The molecule has 0 radical (unpaired) electrons. The SMILES string of the molecule is C=CC1=CC(=[O+]c2cc(Cl)ncn2)C=CC1=C. The van der Waals surface area contributed by atoms with Crippen LogP contribution in [0.15, 0.2) is 61.0 Å². The minimum atomic E-state index is 0.340. The summed E-state index contributed by atoms with van der Waals surface area (Å²) in [5.41, 5.74) is 1.82. The molecule has 4 heteroatoms. The van der Waals surface area contributed by atoms with E-state index in [1.165, 1.54) is 6.33 Å². The van der Waals surface area contributed by atoms with Crippen LogP contribution in [0.3, 0.4) is 0 Å². The molecule has 0 saturated heterocycles. The third-order valence-electron chi connectivity index (χ3n) is 2.17. The Morgan fingerprint density at radius 3 is 2.82 bits per heavy atom. The molecule has 84 valence electrons. The van der Waals surface area contributed by atoms with Crippen molar-refractivity contribution in [3.63, 3.8) is 0 Å². The van der Waals surface area contributed by atoms with E-state index in [9.17, 15) is 0 Å². The van der Waals surface area contributed by atoms with E-state index in [0.29, 0.717) is 16.8 Å². The topological polar surface area (TPSA) is 37.1 Å². The molecule has 0 spiro atoms. The van der Waals surface area contributed by atoms with E-state index in [0.717, 1.165) is 11.1 Å². The molecule has 0 amide bonds. The van der Waals surface area contributed by atoms with Crippen LogP contribution in [-0.2, 0) is 4.42 Å². The maximum Gasteiger partial charge on any atom is 0.457 e. The van der Waals surface area contributed by atoms with Gasteiger partial charge in [-0.2, -0.15) is 4.42 Å². The van der Waals surface area contributed by atoms with Crippen LogP contribution < -0.4 is 0 Å². The quantitative estimate of drug-likeness (QED) is 0.593. The van der Waals surface area contributed by atoms with Crippen molar-refractivity contribution in [2.45, 2.75) is 0 Å². The van der Waals surface area contributed by atoms with Crippen LogP contribution in [0.25, 0.3) is 0 Å². The molecular weight excluding hydrogens is 236 g/mol. The van der Waals surface area contributed by atoms with Crippen molar-refractivity contribution in [1.82, 2.24) is 9.97 Å². The van der Waals surface area contributed by atoms with Crippen LogP contribution in [0, 0.1) is 0 Å². The standard InChI is InChI=1S/C13H10ClN2O/c1-3-10-6-11(5-4-9(10)2)17-13-7-12(14)15-8-16-13/h3-8H,1-2H2/q+1. The summed E-state index contributed by atoms with van der Waals surface area (Å²) in [7, 11) is 0. The van der Waals surface area contributed by atoms with Crippen LogP contribution in [0.2, 0.25) is 5.15 Å². The average molecular weight is 246 g/mol. The first-order valence-corrected chi connectivity index (χ1v) is 5.30. The molecule has 0 unspecified atom stereocenters. The van der Waals surface area contributed by atoms with E-state index in [1.807, 2.05) is 18.2 Å². The first kappa shape index (κ1) is 11.5. The fraction of sp³-hybridized carbons (Fsp3) is 0. The predicted octanol–water partition coefficient (Wildman–Crippen LogP) is 3.19. The van der Waals surface area contributed by atoms with Gasteiger partial charge in [0.1, 0.15) is 17.5 Å². The van der Waals surface area contributed by atoms with Crippen molar-refractivity contribution in [1.29, 1.82) is 0 Å². The highest BCUT2D eigenvalue weighted by molar-refractivity contribution is 6.29. The Morgan fingerprint density at radius 1 is 1.29 bits per heavy atom. The molecule has 0 aromatic carbocycles. The van der Waals surface area contributed by atoms with Crippen molar-refractivity contribution >= 4 is 17.4 Å². The summed E-state index contributed by atoms with van der Waals surface area (Å²) in [4.78, 5) is 7.73. The highest BCUT2D eigenvalue weighted by Gasteiger charge is 2.15. The second-order valence-electron chi connectivity index (χ2n) is 3.35. The van der Waals surface area contributed by atoms with Crippen LogP contribution >= 0.6 is 11.6 Å². The predicted molar refractivity (Wildman–Crippen MR) is 68.1 cm³/mol. The van der Waals surface area contributed by atoms with Gasteiger partial charge in [0.25, 0.3) is 0 Å². The lowest BCUT2D eigenvalue weighted by atomic mass is 10.0. The molecule has 0 bridgehead atoms. The van der Waals surface area contributed by atoms with Gasteiger partial charge in [0, 0.05) is 6.08 Å². The number of ketones is 1. The van der Waals surface area contributed by atoms with Crippen molar-refractivity contribution in [2.24, 2.45) is 0 Å². The Balaban J connectivity index is 2.35. The van der Waals surface area contributed by atoms with E-state index >= 15 is 0 Å². The van der Waals surface area contributed by atoms with Gasteiger partial charge in [0.15, 0.2) is 0 Å². The summed E-state index contributed by atoms with van der Waals surface area (Å²) in [6, 6.07) is 1.55. The van der Waals surface area contributed by atoms with Crippen molar-refractivity contribution < 1.29 is 4.42 Å². The van der Waals surface area contributed by atoms with Crippen molar-refractivity contribution in [2.75, 3.05) is 0 Å². The first-order chi connectivity index (χ1) is 8.19.